The Bertz CT molecular complexity index is 1540. The summed E-state index contributed by atoms with van der Waals surface area (Å²) in [7, 11) is 0. The Morgan fingerprint density at radius 2 is 1.31 bits per heavy atom. The van der Waals surface area contributed by atoms with Crippen LogP contribution in [0.3, 0.4) is 0 Å². The van der Waals surface area contributed by atoms with Crippen LogP contribution in [0.25, 0.3) is 22.5 Å². The number of nitrogens with zero attached hydrogens (tertiary/aromatic N) is 2. The number of rotatable bonds is 14. The quantitative estimate of drug-likeness (QED) is 0.139. The van der Waals surface area contributed by atoms with Gasteiger partial charge in [-0.25, -0.2) is 14.8 Å². The Hall–Kier alpha value is -4.52. The fourth-order valence-corrected chi connectivity index (χ4v) is 5.25. The molecule has 0 spiro atoms. The van der Waals surface area contributed by atoms with Crippen molar-refractivity contribution in [1.82, 2.24) is 15.3 Å². The van der Waals surface area contributed by atoms with Gasteiger partial charge in [-0.1, -0.05) is 109 Å². The van der Waals surface area contributed by atoms with Crippen LogP contribution in [0.5, 0.6) is 5.75 Å². The average molecular weight is 608 g/mol. The Labute approximate surface area is 267 Å². The summed E-state index contributed by atoms with van der Waals surface area (Å²) >= 11 is 0. The van der Waals surface area contributed by atoms with E-state index in [-0.39, 0.29) is 11.8 Å². The zero-order valence-corrected chi connectivity index (χ0v) is 27.1. The molecular weight excluding hydrogens is 562 g/mol. The summed E-state index contributed by atoms with van der Waals surface area (Å²) in [5.74, 6) is -0.189. The van der Waals surface area contributed by atoms with Crippen molar-refractivity contribution in [2.24, 2.45) is 0 Å². The molecule has 0 aliphatic heterocycles. The van der Waals surface area contributed by atoms with Crippen LogP contribution in [0.4, 0.5) is 0 Å². The Balaban J connectivity index is 1.43. The summed E-state index contributed by atoms with van der Waals surface area (Å²) in [5, 5.41) is 13.1. The van der Waals surface area contributed by atoms with Gasteiger partial charge in [0.15, 0.2) is 11.4 Å². The number of carbonyl (C=O) groups excluding carboxylic acids is 1. The van der Waals surface area contributed by atoms with Gasteiger partial charge in [0.05, 0.1) is 6.61 Å². The summed E-state index contributed by atoms with van der Waals surface area (Å²) < 4.78 is 5.88. The smallest absolute Gasteiger partial charge is 0.334 e. The Morgan fingerprint density at radius 3 is 1.87 bits per heavy atom. The number of carbonyl (C=O) groups is 2. The number of nitrogens with one attached hydrogen (secondary N) is 1. The molecule has 0 aliphatic rings. The average Bonchev–Trinajstić information content (AvgIpc) is 3.05. The molecule has 7 heteroatoms. The van der Waals surface area contributed by atoms with Crippen LogP contribution in [0.1, 0.15) is 94.6 Å². The number of carboxylic acid groups (broad SMARTS) is 1. The minimum absolute atomic E-state index is 0.0528. The van der Waals surface area contributed by atoms with Crippen LogP contribution >= 0.6 is 0 Å². The van der Waals surface area contributed by atoms with E-state index in [2.05, 4.69) is 43.0 Å². The van der Waals surface area contributed by atoms with Gasteiger partial charge in [-0.3, -0.25) is 4.79 Å². The molecule has 236 valence electrons. The van der Waals surface area contributed by atoms with E-state index in [1.54, 1.807) is 55.7 Å². The first-order valence-corrected chi connectivity index (χ1v) is 15.9. The highest BCUT2D eigenvalue weighted by atomic mass is 16.5. The highest BCUT2D eigenvalue weighted by Crippen LogP contribution is 2.30. The second-order valence-corrected chi connectivity index (χ2v) is 12.5. The SMILES string of the molecule is CCCCCCCOc1ccc(-c2cnc(-c3ccc([C@](CC)(NC(=O)c4ccc(C(C)(C)C)cc4)C(=O)O)cc3)nc2)cc1. The van der Waals surface area contributed by atoms with Gasteiger partial charge in [0.1, 0.15) is 5.75 Å². The predicted octanol–water partition coefficient (Wildman–Crippen LogP) is 8.58. The molecule has 1 aromatic heterocycles. The van der Waals surface area contributed by atoms with E-state index in [4.69, 9.17) is 4.74 Å². The number of benzene rings is 3. The fourth-order valence-electron chi connectivity index (χ4n) is 5.25. The molecule has 0 unspecified atom stereocenters. The molecule has 0 aliphatic carbocycles. The number of amides is 1. The van der Waals surface area contributed by atoms with Crippen molar-refractivity contribution < 1.29 is 19.4 Å². The van der Waals surface area contributed by atoms with Crippen LogP contribution in [0.15, 0.2) is 85.2 Å². The summed E-state index contributed by atoms with van der Waals surface area (Å²) in [6.07, 6.45) is 9.75. The first-order valence-electron chi connectivity index (χ1n) is 15.9. The summed E-state index contributed by atoms with van der Waals surface area (Å²) in [5.41, 5.74) is 2.95. The predicted molar refractivity (Wildman–Crippen MR) is 179 cm³/mol. The largest absolute Gasteiger partial charge is 0.494 e. The highest BCUT2D eigenvalue weighted by molar-refractivity contribution is 5.98. The maximum atomic E-state index is 13.2. The van der Waals surface area contributed by atoms with Gasteiger partial charge in [0.25, 0.3) is 5.91 Å². The summed E-state index contributed by atoms with van der Waals surface area (Å²) in [4.78, 5) is 34.9. The molecule has 7 nitrogen and oxygen atoms in total. The second-order valence-electron chi connectivity index (χ2n) is 12.5. The van der Waals surface area contributed by atoms with Crippen LogP contribution in [0.2, 0.25) is 0 Å². The van der Waals surface area contributed by atoms with Crippen LogP contribution < -0.4 is 10.1 Å². The van der Waals surface area contributed by atoms with Crippen molar-refractivity contribution in [3.05, 3.63) is 102 Å². The van der Waals surface area contributed by atoms with Crippen molar-refractivity contribution in [3.63, 3.8) is 0 Å². The van der Waals surface area contributed by atoms with Crippen LogP contribution in [0, 0.1) is 0 Å². The Kier molecular flexibility index (Phi) is 11.1. The molecule has 0 bridgehead atoms. The molecule has 0 radical (unpaired) electrons. The third kappa shape index (κ3) is 8.35. The molecule has 3 aromatic carbocycles. The monoisotopic (exact) mass is 607 g/mol. The number of aromatic nitrogens is 2. The van der Waals surface area contributed by atoms with E-state index in [1.807, 2.05) is 36.4 Å². The van der Waals surface area contributed by atoms with Gasteiger partial charge < -0.3 is 15.2 Å². The molecule has 45 heavy (non-hydrogen) atoms. The van der Waals surface area contributed by atoms with Crippen molar-refractivity contribution in [2.75, 3.05) is 6.61 Å². The van der Waals surface area contributed by atoms with Crippen LogP contribution in [-0.4, -0.2) is 33.6 Å². The molecule has 2 N–H and O–H groups in total. The lowest BCUT2D eigenvalue weighted by Crippen LogP contribution is -2.51. The van der Waals surface area contributed by atoms with Crippen LogP contribution in [-0.2, 0) is 15.7 Å². The van der Waals surface area contributed by atoms with Crippen molar-refractivity contribution in [2.45, 2.75) is 84.1 Å². The maximum Gasteiger partial charge on any atom is 0.334 e. The standard InChI is InChI=1S/C38H45N3O4/c1-6-8-9-10-11-24-45-33-22-16-27(17-23-33)30-25-39-34(40-26-30)28-12-20-32(21-13-28)38(7-2,36(43)44)41-35(42)29-14-18-31(19-15-29)37(3,4)5/h12-23,25-26H,6-11,24H2,1-5H3,(H,41,42)(H,43,44)/t38-/m0/s1. The topological polar surface area (TPSA) is 101 Å². The van der Waals surface area contributed by atoms with E-state index in [0.717, 1.165) is 41.0 Å². The second kappa shape index (κ2) is 15.0. The number of unbranched alkanes of at least 4 members (excludes halogenated alkanes) is 4. The normalized spacial score (nSPS) is 12.7. The first kappa shape index (κ1) is 33.4. The summed E-state index contributed by atoms with van der Waals surface area (Å²) in [6, 6.07) is 22.2. The first-order chi connectivity index (χ1) is 21.6. The molecule has 0 fully saturated rings. The van der Waals surface area contributed by atoms with E-state index in [0.29, 0.717) is 17.0 Å². The van der Waals surface area contributed by atoms with Crippen molar-refractivity contribution >= 4 is 11.9 Å². The molecule has 1 heterocycles. The van der Waals surface area contributed by atoms with Gasteiger partial charge >= 0.3 is 5.97 Å². The fraction of sp³-hybridized carbons (Fsp3) is 0.368. The summed E-state index contributed by atoms with van der Waals surface area (Å²) in [6.45, 7) is 11.0. The Morgan fingerprint density at radius 1 is 0.733 bits per heavy atom. The maximum absolute atomic E-state index is 13.2. The molecule has 0 saturated heterocycles. The van der Waals surface area contributed by atoms with Gasteiger partial charge in [0, 0.05) is 29.1 Å². The molecule has 4 rings (SSSR count). The van der Waals surface area contributed by atoms with Gasteiger partial charge in [-0.05, 0) is 59.2 Å². The zero-order chi connectivity index (χ0) is 32.5. The van der Waals surface area contributed by atoms with Gasteiger partial charge in [-0.15, -0.1) is 0 Å². The molecule has 1 atom stereocenters. The number of aliphatic carboxylic acids is 1. The highest BCUT2D eigenvalue weighted by Gasteiger charge is 2.40. The van der Waals surface area contributed by atoms with Gasteiger partial charge in [-0.2, -0.15) is 0 Å². The molecule has 4 aromatic rings. The zero-order valence-electron chi connectivity index (χ0n) is 27.1. The minimum atomic E-state index is -1.59. The van der Waals surface area contributed by atoms with E-state index >= 15 is 0 Å². The third-order valence-corrected chi connectivity index (χ3v) is 8.23. The molecule has 0 saturated carbocycles. The molecule has 1 amide bonds. The van der Waals surface area contributed by atoms with Crippen molar-refractivity contribution in [1.29, 1.82) is 0 Å². The minimum Gasteiger partial charge on any atom is -0.494 e. The van der Waals surface area contributed by atoms with E-state index < -0.39 is 17.4 Å². The number of hydrogen-bond acceptors (Lipinski definition) is 5. The lowest BCUT2D eigenvalue weighted by atomic mass is 9.85. The van der Waals surface area contributed by atoms with Crippen molar-refractivity contribution in [3.8, 4) is 28.3 Å². The third-order valence-electron chi connectivity index (χ3n) is 8.23. The lowest BCUT2D eigenvalue weighted by molar-refractivity contribution is -0.145. The van der Waals surface area contributed by atoms with E-state index in [9.17, 15) is 14.7 Å². The number of ether oxygens (including phenoxy) is 1. The number of hydrogen-bond donors (Lipinski definition) is 2. The molecular formula is C38H45N3O4. The lowest BCUT2D eigenvalue weighted by Gasteiger charge is -2.30. The van der Waals surface area contributed by atoms with Gasteiger partial charge in [0.2, 0.25) is 0 Å². The van der Waals surface area contributed by atoms with E-state index in [1.165, 1.54) is 25.7 Å². The number of carboxylic acids is 1.